The highest BCUT2D eigenvalue weighted by molar-refractivity contribution is 7.85. The van der Waals surface area contributed by atoms with E-state index in [1.165, 1.54) is 43.0 Å². The molecule has 1 saturated heterocycles. The van der Waals surface area contributed by atoms with Gasteiger partial charge in [0, 0.05) is 12.8 Å². The number of allylic oxidation sites excluding steroid dienone is 1. The molecule has 1 aliphatic rings. The normalized spacial score (nSPS) is 18.2. The van der Waals surface area contributed by atoms with Crippen molar-refractivity contribution in [3.63, 3.8) is 0 Å². The maximum Gasteiger partial charge on any atom is 0.0982 e. The lowest BCUT2D eigenvalue weighted by Gasteiger charge is -2.26. The van der Waals surface area contributed by atoms with Gasteiger partial charge in [-0.2, -0.15) is 0 Å². The fourth-order valence-corrected chi connectivity index (χ4v) is 2.22. The zero-order chi connectivity index (χ0) is 13.5. The van der Waals surface area contributed by atoms with E-state index < -0.39 is 15.9 Å². The number of nitrogens with zero attached hydrogens (tertiary/aromatic N) is 1. The van der Waals surface area contributed by atoms with Crippen molar-refractivity contribution in [3.8, 4) is 0 Å². The molecule has 1 rings (SSSR count). The van der Waals surface area contributed by atoms with Gasteiger partial charge in [-0.3, -0.25) is 0 Å². The van der Waals surface area contributed by atoms with Gasteiger partial charge < -0.3 is 9.04 Å². The first kappa shape index (κ1) is 16.6. The van der Waals surface area contributed by atoms with Crippen molar-refractivity contribution >= 4 is 10.1 Å². The zero-order valence-electron chi connectivity index (χ0n) is 11.4. The van der Waals surface area contributed by atoms with Crippen molar-refractivity contribution < 1.29 is 17.5 Å². The van der Waals surface area contributed by atoms with Gasteiger partial charge in [0.05, 0.1) is 42.6 Å². The highest BCUT2D eigenvalue weighted by Crippen LogP contribution is 2.14. The van der Waals surface area contributed by atoms with Gasteiger partial charge in [0.25, 0.3) is 0 Å². The average molecular weight is 263 g/mol. The van der Waals surface area contributed by atoms with Crippen LogP contribution in [0.25, 0.3) is 0 Å². The van der Waals surface area contributed by atoms with Crippen LogP contribution >= 0.6 is 0 Å². The molecule has 0 bridgehead atoms. The van der Waals surface area contributed by atoms with Crippen LogP contribution in [0.2, 0.25) is 0 Å². The molecule has 0 atom stereocenters. The molecule has 1 fully saturated rings. The van der Waals surface area contributed by atoms with Crippen molar-refractivity contribution in [1.82, 2.24) is 0 Å². The van der Waals surface area contributed by atoms with E-state index in [1.807, 2.05) is 0 Å². The quantitative estimate of drug-likeness (QED) is 0.443. The number of likely N-dealkylation sites (tertiary alicyclic amines) is 1. The topological polar surface area (TPSA) is 57.2 Å². The number of hydrogen-bond acceptors (Lipinski definition) is 3. The predicted molar refractivity (Wildman–Crippen MR) is 69.7 cm³/mol. The standard InChI is InChI=1S/C7H16N.C5H10O3S/c1-3-8(2)6-4-5-7-8;1-5(2)3-4-9(6,7)8/h3-7H2,1-2H3;3H,4H2,1-2H3,(H,6,7,8)/q+1;/p-1. The lowest BCUT2D eigenvalue weighted by molar-refractivity contribution is -0.895. The minimum Gasteiger partial charge on any atom is -0.748 e. The molecule has 5 heteroatoms. The molecule has 0 N–H and O–H groups in total. The van der Waals surface area contributed by atoms with E-state index in [4.69, 9.17) is 0 Å². The Kier molecular flexibility index (Phi) is 6.97. The molecular formula is C12H25NO3S. The Bertz CT molecular complexity index is 337. The fourth-order valence-electron chi connectivity index (χ4n) is 1.68. The van der Waals surface area contributed by atoms with Crippen LogP contribution in [0.15, 0.2) is 11.6 Å². The summed E-state index contributed by atoms with van der Waals surface area (Å²) in [5.41, 5.74) is 0.842. The monoisotopic (exact) mass is 263 g/mol. The number of quaternary nitrogens is 1. The second-order valence-electron chi connectivity index (χ2n) is 5.10. The van der Waals surface area contributed by atoms with Crippen LogP contribution in [-0.4, -0.2) is 49.9 Å². The van der Waals surface area contributed by atoms with Gasteiger partial charge in [-0.05, 0) is 20.8 Å². The van der Waals surface area contributed by atoms with Gasteiger partial charge in [-0.15, -0.1) is 0 Å². The molecule has 1 heterocycles. The van der Waals surface area contributed by atoms with Gasteiger partial charge in [0.15, 0.2) is 0 Å². The second-order valence-corrected chi connectivity index (χ2v) is 6.54. The maximum atomic E-state index is 9.94. The summed E-state index contributed by atoms with van der Waals surface area (Å²) in [5.74, 6) is -0.394. The highest BCUT2D eigenvalue weighted by atomic mass is 32.2. The van der Waals surface area contributed by atoms with E-state index >= 15 is 0 Å². The summed E-state index contributed by atoms with van der Waals surface area (Å²) in [4.78, 5) is 0. The van der Waals surface area contributed by atoms with Gasteiger partial charge in [-0.1, -0.05) is 11.6 Å². The van der Waals surface area contributed by atoms with Gasteiger partial charge >= 0.3 is 0 Å². The molecule has 1 aliphatic heterocycles. The third kappa shape index (κ3) is 9.32. The first-order valence-electron chi connectivity index (χ1n) is 6.09. The Hall–Kier alpha value is -0.390. The van der Waals surface area contributed by atoms with Gasteiger partial charge in [0.2, 0.25) is 0 Å². The van der Waals surface area contributed by atoms with Crippen molar-refractivity contribution in [2.75, 3.05) is 32.4 Å². The summed E-state index contributed by atoms with van der Waals surface area (Å²) < 4.78 is 31.1. The van der Waals surface area contributed by atoms with E-state index in [1.54, 1.807) is 13.8 Å². The van der Waals surface area contributed by atoms with Crippen molar-refractivity contribution in [2.24, 2.45) is 0 Å². The highest BCUT2D eigenvalue weighted by Gasteiger charge is 2.23. The van der Waals surface area contributed by atoms with Crippen LogP contribution < -0.4 is 0 Å². The molecule has 102 valence electrons. The third-order valence-corrected chi connectivity index (χ3v) is 3.68. The Balaban J connectivity index is 0.000000302. The molecule has 0 aromatic heterocycles. The van der Waals surface area contributed by atoms with Crippen LogP contribution in [-0.2, 0) is 10.1 Å². The smallest absolute Gasteiger partial charge is 0.0982 e. The lowest BCUT2D eigenvalue weighted by atomic mass is 10.3. The van der Waals surface area contributed by atoms with Crippen molar-refractivity contribution in [1.29, 1.82) is 0 Å². The van der Waals surface area contributed by atoms with Crippen molar-refractivity contribution in [3.05, 3.63) is 11.6 Å². The zero-order valence-corrected chi connectivity index (χ0v) is 12.2. The largest absolute Gasteiger partial charge is 0.748 e. The summed E-state index contributed by atoms with van der Waals surface area (Å²) >= 11 is 0. The molecule has 0 amide bonds. The van der Waals surface area contributed by atoms with Crippen LogP contribution in [0.5, 0.6) is 0 Å². The first-order chi connectivity index (χ1) is 7.68. The number of hydrogen-bond donors (Lipinski definition) is 0. The van der Waals surface area contributed by atoms with E-state index in [2.05, 4.69) is 14.0 Å². The maximum absolute atomic E-state index is 9.94. The lowest BCUT2D eigenvalue weighted by Crippen LogP contribution is -2.40. The first-order valence-corrected chi connectivity index (χ1v) is 7.67. The van der Waals surface area contributed by atoms with E-state index in [0.717, 1.165) is 5.57 Å². The molecule has 4 nitrogen and oxygen atoms in total. The van der Waals surface area contributed by atoms with Crippen LogP contribution in [0.3, 0.4) is 0 Å². The van der Waals surface area contributed by atoms with E-state index in [0.29, 0.717) is 0 Å². The van der Waals surface area contributed by atoms with Crippen LogP contribution in [0, 0.1) is 0 Å². The van der Waals surface area contributed by atoms with Gasteiger partial charge in [0.1, 0.15) is 0 Å². The van der Waals surface area contributed by atoms with Gasteiger partial charge in [-0.25, -0.2) is 8.42 Å². The Morgan fingerprint density at radius 1 is 1.29 bits per heavy atom. The second kappa shape index (κ2) is 7.13. The fraction of sp³-hybridized carbons (Fsp3) is 0.833. The molecule has 0 aromatic carbocycles. The molecule has 17 heavy (non-hydrogen) atoms. The van der Waals surface area contributed by atoms with Crippen molar-refractivity contribution in [2.45, 2.75) is 33.6 Å². The SMILES string of the molecule is CC(C)=CCS(=O)(=O)[O-].CC[N+]1(C)CCCC1. The Morgan fingerprint density at radius 2 is 1.76 bits per heavy atom. The molecule has 0 aromatic rings. The Morgan fingerprint density at radius 3 is 1.94 bits per heavy atom. The van der Waals surface area contributed by atoms with Crippen LogP contribution in [0.1, 0.15) is 33.6 Å². The third-order valence-electron chi connectivity index (χ3n) is 3.11. The molecule has 0 aliphatic carbocycles. The minimum atomic E-state index is -4.05. The summed E-state index contributed by atoms with van der Waals surface area (Å²) in [5, 5.41) is 0. The molecule has 0 unspecified atom stereocenters. The average Bonchev–Trinajstić information content (AvgIpc) is 2.63. The molecule has 0 radical (unpaired) electrons. The molecule has 0 saturated carbocycles. The summed E-state index contributed by atoms with van der Waals surface area (Å²) in [6.07, 6.45) is 4.29. The minimum absolute atomic E-state index is 0.394. The summed E-state index contributed by atoms with van der Waals surface area (Å²) in [6, 6.07) is 0. The summed E-state index contributed by atoms with van der Waals surface area (Å²) in [7, 11) is -1.69. The summed E-state index contributed by atoms with van der Waals surface area (Å²) in [6.45, 7) is 9.91. The Labute approximate surface area is 106 Å². The van der Waals surface area contributed by atoms with Crippen LogP contribution in [0.4, 0.5) is 0 Å². The van der Waals surface area contributed by atoms with E-state index in [9.17, 15) is 13.0 Å². The molecular weight excluding hydrogens is 238 g/mol. The molecule has 0 spiro atoms. The van der Waals surface area contributed by atoms with E-state index in [-0.39, 0.29) is 0 Å². The number of rotatable bonds is 3. The predicted octanol–water partition coefficient (Wildman–Crippen LogP) is 1.74.